The van der Waals surface area contributed by atoms with E-state index in [9.17, 15) is 4.79 Å². The van der Waals surface area contributed by atoms with Gasteiger partial charge in [-0.3, -0.25) is 0 Å². The SMILES string of the molecule is COC(=O)NC1CCN(c2ccc(N)nn2)C1. The first kappa shape index (κ1) is 11.4. The Labute approximate surface area is 98.9 Å². The van der Waals surface area contributed by atoms with Crippen molar-refractivity contribution < 1.29 is 9.53 Å². The topological polar surface area (TPSA) is 93.4 Å². The van der Waals surface area contributed by atoms with Gasteiger partial charge in [0.25, 0.3) is 0 Å². The third kappa shape index (κ3) is 2.74. The summed E-state index contributed by atoms with van der Waals surface area (Å²) in [5.74, 6) is 1.17. The number of nitrogens with zero attached hydrogens (tertiary/aromatic N) is 3. The third-order valence-electron chi connectivity index (χ3n) is 2.69. The molecule has 1 amide bonds. The standard InChI is InChI=1S/C10H15N5O2/c1-17-10(16)12-7-4-5-15(6-7)9-3-2-8(11)13-14-9/h2-3,7H,4-6H2,1H3,(H2,11,13)(H,12,16). The number of nitrogens with one attached hydrogen (secondary N) is 1. The number of ether oxygens (including phenoxy) is 1. The fourth-order valence-electron chi connectivity index (χ4n) is 1.82. The fourth-order valence-corrected chi connectivity index (χ4v) is 1.82. The fraction of sp³-hybridized carbons (Fsp3) is 0.500. The molecule has 1 aromatic rings. The van der Waals surface area contributed by atoms with Gasteiger partial charge < -0.3 is 20.7 Å². The molecule has 1 unspecified atom stereocenters. The first-order valence-corrected chi connectivity index (χ1v) is 5.37. The Morgan fingerprint density at radius 2 is 2.41 bits per heavy atom. The molecular formula is C10H15N5O2. The quantitative estimate of drug-likeness (QED) is 0.751. The van der Waals surface area contributed by atoms with Crippen molar-refractivity contribution in [1.82, 2.24) is 15.5 Å². The molecule has 3 N–H and O–H groups in total. The third-order valence-corrected chi connectivity index (χ3v) is 2.69. The highest BCUT2D eigenvalue weighted by molar-refractivity contribution is 5.67. The number of hydrogen-bond acceptors (Lipinski definition) is 6. The van der Waals surface area contributed by atoms with E-state index in [0.717, 1.165) is 18.8 Å². The molecule has 92 valence electrons. The van der Waals surface area contributed by atoms with Crippen molar-refractivity contribution >= 4 is 17.7 Å². The predicted octanol–water partition coefficient (Wildman–Crippen LogP) is -0.00650. The summed E-state index contributed by atoms with van der Waals surface area (Å²) in [5, 5.41) is 10.6. The summed E-state index contributed by atoms with van der Waals surface area (Å²) in [6.45, 7) is 1.53. The first-order chi connectivity index (χ1) is 8.19. The van der Waals surface area contributed by atoms with Gasteiger partial charge in [-0.25, -0.2) is 4.79 Å². The van der Waals surface area contributed by atoms with Crippen molar-refractivity contribution in [2.75, 3.05) is 30.8 Å². The van der Waals surface area contributed by atoms with Crippen molar-refractivity contribution in [1.29, 1.82) is 0 Å². The highest BCUT2D eigenvalue weighted by Crippen LogP contribution is 2.17. The maximum Gasteiger partial charge on any atom is 0.407 e. The number of carbonyl (C=O) groups excluding carboxylic acids is 1. The first-order valence-electron chi connectivity index (χ1n) is 5.37. The number of alkyl carbamates (subject to hydrolysis) is 1. The molecule has 1 aliphatic heterocycles. The molecule has 1 saturated heterocycles. The second-order valence-electron chi connectivity index (χ2n) is 3.88. The van der Waals surface area contributed by atoms with Crippen molar-refractivity contribution in [2.45, 2.75) is 12.5 Å². The lowest BCUT2D eigenvalue weighted by molar-refractivity contribution is 0.167. The van der Waals surface area contributed by atoms with Crippen LogP contribution < -0.4 is 16.0 Å². The highest BCUT2D eigenvalue weighted by atomic mass is 16.5. The zero-order chi connectivity index (χ0) is 12.3. The van der Waals surface area contributed by atoms with Crippen molar-refractivity contribution in [3.63, 3.8) is 0 Å². The molecule has 2 heterocycles. The van der Waals surface area contributed by atoms with Crippen molar-refractivity contribution in [3.05, 3.63) is 12.1 Å². The van der Waals surface area contributed by atoms with Crippen LogP contribution in [0.1, 0.15) is 6.42 Å². The van der Waals surface area contributed by atoms with E-state index in [-0.39, 0.29) is 6.04 Å². The normalized spacial score (nSPS) is 19.1. The molecule has 1 aliphatic rings. The molecule has 0 radical (unpaired) electrons. The lowest BCUT2D eigenvalue weighted by Gasteiger charge is -2.16. The zero-order valence-electron chi connectivity index (χ0n) is 9.59. The van der Waals surface area contributed by atoms with E-state index in [1.165, 1.54) is 7.11 Å². The summed E-state index contributed by atoms with van der Waals surface area (Å²) < 4.78 is 4.56. The molecule has 0 saturated carbocycles. The Balaban J connectivity index is 1.93. The van der Waals surface area contributed by atoms with E-state index < -0.39 is 6.09 Å². The molecule has 1 fully saturated rings. The van der Waals surface area contributed by atoms with E-state index in [2.05, 4.69) is 20.3 Å². The van der Waals surface area contributed by atoms with Gasteiger partial charge >= 0.3 is 6.09 Å². The van der Waals surface area contributed by atoms with Gasteiger partial charge in [-0.15, -0.1) is 10.2 Å². The van der Waals surface area contributed by atoms with Crippen molar-refractivity contribution in [2.24, 2.45) is 0 Å². The minimum Gasteiger partial charge on any atom is -0.453 e. The molecule has 2 rings (SSSR count). The minimum absolute atomic E-state index is 0.0850. The number of rotatable bonds is 2. The van der Waals surface area contributed by atoms with Crippen LogP contribution in [-0.2, 0) is 4.74 Å². The van der Waals surface area contributed by atoms with Crippen LogP contribution in [-0.4, -0.2) is 42.5 Å². The molecule has 1 atom stereocenters. The Morgan fingerprint density at radius 3 is 3.06 bits per heavy atom. The number of methoxy groups -OCH3 is 1. The number of nitrogens with two attached hydrogens (primary N) is 1. The van der Waals surface area contributed by atoms with E-state index in [4.69, 9.17) is 5.73 Å². The minimum atomic E-state index is -0.403. The Hall–Kier alpha value is -2.05. The molecule has 1 aromatic heterocycles. The maximum absolute atomic E-state index is 11.1. The van der Waals surface area contributed by atoms with Crippen LogP contribution in [0.5, 0.6) is 0 Å². The highest BCUT2D eigenvalue weighted by Gasteiger charge is 2.25. The molecule has 0 aromatic carbocycles. The Bertz CT molecular complexity index is 394. The van der Waals surface area contributed by atoms with Crippen LogP contribution in [0.25, 0.3) is 0 Å². The zero-order valence-corrected chi connectivity index (χ0v) is 9.59. The number of anilines is 2. The lowest BCUT2D eigenvalue weighted by Crippen LogP contribution is -2.37. The number of hydrogen-bond donors (Lipinski definition) is 2. The number of amides is 1. The van der Waals surface area contributed by atoms with Crippen LogP contribution in [0.2, 0.25) is 0 Å². The average molecular weight is 237 g/mol. The van der Waals surface area contributed by atoms with Crippen LogP contribution in [0.4, 0.5) is 16.4 Å². The average Bonchev–Trinajstić information content (AvgIpc) is 2.78. The van der Waals surface area contributed by atoms with Crippen LogP contribution >= 0.6 is 0 Å². The number of aromatic nitrogens is 2. The van der Waals surface area contributed by atoms with Gasteiger partial charge in [-0.2, -0.15) is 0 Å². The summed E-state index contributed by atoms with van der Waals surface area (Å²) >= 11 is 0. The second-order valence-corrected chi connectivity index (χ2v) is 3.88. The van der Waals surface area contributed by atoms with Gasteiger partial charge in [0.15, 0.2) is 5.82 Å². The van der Waals surface area contributed by atoms with Gasteiger partial charge in [0.1, 0.15) is 5.82 Å². The van der Waals surface area contributed by atoms with E-state index in [0.29, 0.717) is 12.4 Å². The number of nitrogen functional groups attached to an aromatic ring is 1. The number of carbonyl (C=O) groups is 1. The summed E-state index contributed by atoms with van der Waals surface area (Å²) in [6, 6.07) is 3.62. The van der Waals surface area contributed by atoms with E-state index >= 15 is 0 Å². The molecule has 0 aliphatic carbocycles. The monoisotopic (exact) mass is 237 g/mol. The van der Waals surface area contributed by atoms with Crippen molar-refractivity contribution in [3.8, 4) is 0 Å². The predicted molar refractivity (Wildman–Crippen MR) is 62.6 cm³/mol. The van der Waals surface area contributed by atoms with Gasteiger partial charge in [0.2, 0.25) is 0 Å². The summed E-state index contributed by atoms with van der Waals surface area (Å²) in [6.07, 6.45) is 0.460. The molecular weight excluding hydrogens is 222 g/mol. The van der Waals surface area contributed by atoms with Crippen LogP contribution in [0.15, 0.2) is 12.1 Å². The Morgan fingerprint density at radius 1 is 1.59 bits per heavy atom. The molecule has 0 bridgehead atoms. The van der Waals surface area contributed by atoms with Gasteiger partial charge in [-0.1, -0.05) is 0 Å². The molecule has 7 nitrogen and oxygen atoms in total. The van der Waals surface area contributed by atoms with E-state index in [1.54, 1.807) is 6.07 Å². The maximum atomic E-state index is 11.1. The van der Waals surface area contributed by atoms with Gasteiger partial charge in [0, 0.05) is 13.1 Å². The van der Waals surface area contributed by atoms with E-state index in [1.807, 2.05) is 11.0 Å². The summed E-state index contributed by atoms with van der Waals surface area (Å²) in [4.78, 5) is 13.1. The Kier molecular flexibility index (Phi) is 3.27. The summed E-state index contributed by atoms with van der Waals surface area (Å²) in [5.41, 5.74) is 5.47. The summed E-state index contributed by atoms with van der Waals surface area (Å²) in [7, 11) is 1.35. The lowest BCUT2D eigenvalue weighted by atomic mass is 10.3. The van der Waals surface area contributed by atoms with Crippen LogP contribution in [0, 0.1) is 0 Å². The molecule has 7 heteroatoms. The van der Waals surface area contributed by atoms with Gasteiger partial charge in [0.05, 0.1) is 13.2 Å². The molecule has 17 heavy (non-hydrogen) atoms. The largest absolute Gasteiger partial charge is 0.453 e. The van der Waals surface area contributed by atoms with Crippen LogP contribution in [0.3, 0.4) is 0 Å². The second kappa shape index (κ2) is 4.86. The van der Waals surface area contributed by atoms with Gasteiger partial charge in [-0.05, 0) is 18.6 Å². The molecule has 0 spiro atoms. The smallest absolute Gasteiger partial charge is 0.407 e.